The van der Waals surface area contributed by atoms with Crippen molar-refractivity contribution in [2.24, 2.45) is 11.8 Å². The molecule has 2 saturated carbocycles. The van der Waals surface area contributed by atoms with Crippen LogP contribution < -0.4 is 0 Å². The van der Waals surface area contributed by atoms with E-state index in [1.54, 1.807) is 0 Å². The van der Waals surface area contributed by atoms with Gasteiger partial charge >= 0.3 is 0 Å². The van der Waals surface area contributed by atoms with Crippen LogP contribution in [-0.2, 0) is 12.8 Å². The lowest BCUT2D eigenvalue weighted by Gasteiger charge is -2.28. The van der Waals surface area contributed by atoms with E-state index in [0.717, 1.165) is 32.1 Å². The Balaban J connectivity index is 0.000000202. The smallest absolute Gasteiger partial charge is 0.210 e. The van der Waals surface area contributed by atoms with Gasteiger partial charge in [0, 0.05) is 11.8 Å². The Morgan fingerprint density at radius 1 is 0.404 bits per heavy atom. The highest BCUT2D eigenvalue weighted by atomic mass is 19.3. The molecule has 0 saturated heterocycles. The van der Waals surface area contributed by atoms with E-state index in [1.165, 1.54) is 89.5 Å². The molecular formula is C48H60F4. The number of hydrogen-bond donors (Lipinski definition) is 0. The van der Waals surface area contributed by atoms with Crippen molar-refractivity contribution in [3.8, 4) is 22.3 Å². The molecule has 2 fully saturated rings. The number of halogens is 4. The van der Waals surface area contributed by atoms with E-state index < -0.39 is 12.9 Å². The molecule has 0 aliphatic heterocycles. The van der Waals surface area contributed by atoms with E-state index in [1.807, 2.05) is 0 Å². The minimum Gasteiger partial charge on any atom is -0.210 e. The summed E-state index contributed by atoms with van der Waals surface area (Å²) in [6.07, 6.45) is 11.9. The molecule has 0 bridgehead atoms. The third-order valence-electron chi connectivity index (χ3n) is 11.7. The van der Waals surface area contributed by atoms with Gasteiger partial charge in [-0.15, -0.1) is 0 Å². The molecule has 2 aliphatic carbocycles. The van der Waals surface area contributed by atoms with E-state index >= 15 is 0 Å². The van der Waals surface area contributed by atoms with Crippen molar-refractivity contribution in [3.05, 3.63) is 119 Å². The maximum atomic E-state index is 12.8. The van der Waals surface area contributed by atoms with Crippen LogP contribution in [0.15, 0.2) is 97.1 Å². The monoisotopic (exact) mass is 712 g/mol. The normalized spacial score (nSPS) is 20.5. The number of benzene rings is 4. The Morgan fingerprint density at radius 2 is 0.731 bits per heavy atom. The maximum absolute atomic E-state index is 12.8. The third-order valence-corrected chi connectivity index (χ3v) is 11.7. The Labute approximate surface area is 311 Å². The molecule has 0 atom stereocenters. The van der Waals surface area contributed by atoms with Gasteiger partial charge in [0.05, 0.1) is 0 Å². The molecule has 52 heavy (non-hydrogen) atoms. The topological polar surface area (TPSA) is 0 Å². The summed E-state index contributed by atoms with van der Waals surface area (Å²) in [5, 5.41) is 0. The quantitative estimate of drug-likeness (QED) is 0.0902. The SMILES string of the molecule is CCCCCCc1ccc(-c2ccc(C3CCC(C(F)F)CC3)cc2)cc1.CCCCc1ccc(-c2ccc(C3CCC(C(F)F)CC3)cc2)cc1. The van der Waals surface area contributed by atoms with E-state index in [0.29, 0.717) is 37.5 Å². The minimum atomic E-state index is -2.15. The van der Waals surface area contributed by atoms with Gasteiger partial charge < -0.3 is 0 Å². The molecule has 6 rings (SSSR count). The molecule has 0 spiro atoms. The second kappa shape index (κ2) is 20.7. The van der Waals surface area contributed by atoms with Gasteiger partial charge in [-0.1, -0.05) is 137 Å². The van der Waals surface area contributed by atoms with Crippen LogP contribution in [-0.4, -0.2) is 12.9 Å². The average molecular weight is 713 g/mol. The summed E-state index contributed by atoms with van der Waals surface area (Å²) in [7, 11) is 0. The van der Waals surface area contributed by atoms with Crippen molar-refractivity contribution in [2.45, 2.75) is 141 Å². The van der Waals surface area contributed by atoms with Crippen LogP contribution >= 0.6 is 0 Å². The van der Waals surface area contributed by atoms with Crippen molar-refractivity contribution in [2.75, 3.05) is 0 Å². The van der Waals surface area contributed by atoms with E-state index in [2.05, 4.69) is 111 Å². The highest BCUT2D eigenvalue weighted by Gasteiger charge is 2.29. The molecule has 0 heterocycles. The molecular weight excluding hydrogens is 653 g/mol. The largest absolute Gasteiger partial charge is 0.241 e. The number of aryl methyl sites for hydroxylation is 2. The van der Waals surface area contributed by atoms with Crippen LogP contribution in [0.4, 0.5) is 17.6 Å². The first-order valence-corrected chi connectivity index (χ1v) is 20.3. The summed E-state index contributed by atoms with van der Waals surface area (Å²) < 4.78 is 51.2. The van der Waals surface area contributed by atoms with Gasteiger partial charge in [0.1, 0.15) is 0 Å². The van der Waals surface area contributed by atoms with Crippen LogP contribution in [0.1, 0.15) is 138 Å². The zero-order chi connectivity index (χ0) is 36.7. The van der Waals surface area contributed by atoms with Gasteiger partial charge in [-0.2, -0.15) is 0 Å². The van der Waals surface area contributed by atoms with Crippen LogP contribution in [0.3, 0.4) is 0 Å². The molecule has 2 aliphatic rings. The fourth-order valence-electron chi connectivity index (χ4n) is 8.17. The van der Waals surface area contributed by atoms with Crippen LogP contribution in [0, 0.1) is 11.8 Å². The highest BCUT2D eigenvalue weighted by Crippen LogP contribution is 2.40. The van der Waals surface area contributed by atoms with Crippen molar-refractivity contribution < 1.29 is 17.6 Å². The summed E-state index contributed by atoms with van der Waals surface area (Å²) in [6, 6.07) is 35.3. The van der Waals surface area contributed by atoms with E-state index in [9.17, 15) is 17.6 Å². The molecule has 0 unspecified atom stereocenters. The predicted octanol–water partition coefficient (Wildman–Crippen LogP) is 15.3. The summed E-state index contributed by atoms with van der Waals surface area (Å²) in [6.45, 7) is 4.46. The van der Waals surface area contributed by atoms with Crippen LogP contribution in [0.5, 0.6) is 0 Å². The molecule has 0 amide bonds. The summed E-state index contributed by atoms with van der Waals surface area (Å²) in [5.74, 6) is 0.114. The van der Waals surface area contributed by atoms with Crippen LogP contribution in [0.2, 0.25) is 0 Å². The van der Waals surface area contributed by atoms with Gasteiger partial charge in [0.2, 0.25) is 12.9 Å². The first-order chi connectivity index (χ1) is 25.3. The van der Waals surface area contributed by atoms with Crippen LogP contribution in [0.25, 0.3) is 22.3 Å². The molecule has 280 valence electrons. The van der Waals surface area contributed by atoms with Gasteiger partial charge in [0.15, 0.2) is 0 Å². The zero-order valence-corrected chi connectivity index (χ0v) is 31.5. The lowest BCUT2D eigenvalue weighted by molar-refractivity contribution is 0.0525. The average Bonchev–Trinajstić information content (AvgIpc) is 3.20. The first-order valence-electron chi connectivity index (χ1n) is 20.3. The lowest BCUT2D eigenvalue weighted by atomic mass is 9.78. The third kappa shape index (κ3) is 11.8. The Morgan fingerprint density at radius 3 is 1.06 bits per heavy atom. The second-order valence-corrected chi connectivity index (χ2v) is 15.4. The molecule has 4 aromatic carbocycles. The van der Waals surface area contributed by atoms with Gasteiger partial charge in [-0.25, -0.2) is 17.6 Å². The molecule has 0 radical (unpaired) electrons. The Hall–Kier alpha value is -3.40. The number of unbranched alkanes of at least 4 members (excludes halogenated alkanes) is 4. The summed E-state index contributed by atoms with van der Waals surface area (Å²) >= 11 is 0. The van der Waals surface area contributed by atoms with Gasteiger partial charge in [-0.3, -0.25) is 0 Å². The van der Waals surface area contributed by atoms with Crippen molar-refractivity contribution >= 4 is 0 Å². The fourth-order valence-corrected chi connectivity index (χ4v) is 8.17. The molecule has 0 nitrogen and oxygen atoms in total. The molecule has 0 N–H and O–H groups in total. The van der Waals surface area contributed by atoms with Crippen molar-refractivity contribution in [1.29, 1.82) is 0 Å². The lowest BCUT2D eigenvalue weighted by Crippen LogP contribution is -2.19. The summed E-state index contributed by atoms with van der Waals surface area (Å²) in [4.78, 5) is 0. The summed E-state index contributed by atoms with van der Waals surface area (Å²) in [5.41, 5.74) is 10.4. The number of hydrogen-bond acceptors (Lipinski definition) is 0. The first kappa shape index (κ1) is 39.8. The molecule has 4 aromatic rings. The molecule has 4 heteroatoms. The van der Waals surface area contributed by atoms with E-state index in [4.69, 9.17) is 0 Å². The predicted molar refractivity (Wildman–Crippen MR) is 212 cm³/mol. The second-order valence-electron chi connectivity index (χ2n) is 15.4. The maximum Gasteiger partial charge on any atom is 0.241 e. The minimum absolute atomic E-state index is 0.387. The van der Waals surface area contributed by atoms with E-state index in [-0.39, 0.29) is 11.8 Å². The Bertz CT molecular complexity index is 1540. The highest BCUT2D eigenvalue weighted by molar-refractivity contribution is 5.65. The van der Waals surface area contributed by atoms with Gasteiger partial charge in [-0.05, 0) is 133 Å². The van der Waals surface area contributed by atoms with Crippen molar-refractivity contribution in [1.82, 2.24) is 0 Å². The number of rotatable bonds is 14. The number of alkyl halides is 4. The Kier molecular flexibility index (Phi) is 15.9. The zero-order valence-electron chi connectivity index (χ0n) is 31.5. The molecule has 0 aromatic heterocycles. The standard InChI is InChI=1S/C25H32F2.C23H28F2/c1-2-3-4-5-6-19-7-9-20(10-8-19)21-11-13-22(14-12-21)23-15-17-24(18-16-23)25(26)27;1-2-3-4-17-5-7-18(8-6-17)19-9-11-20(12-10-19)21-13-15-22(16-14-21)23(24)25/h7-14,23-25H,2-6,15-18H2,1H3;5-12,21-23H,2-4,13-16H2,1H3. The van der Waals surface area contributed by atoms with Crippen molar-refractivity contribution in [3.63, 3.8) is 0 Å². The van der Waals surface area contributed by atoms with Gasteiger partial charge in [0.25, 0.3) is 0 Å². The fraction of sp³-hybridized carbons (Fsp3) is 0.500.